The highest BCUT2D eigenvalue weighted by molar-refractivity contribution is 7.12. The van der Waals surface area contributed by atoms with Crippen molar-refractivity contribution >= 4 is 45.5 Å². The molecule has 2 aromatic heterocycles. The summed E-state index contributed by atoms with van der Waals surface area (Å²) in [5, 5.41) is 11.2. The molecule has 2 heterocycles. The van der Waals surface area contributed by atoms with Gasteiger partial charge in [-0.15, -0.1) is 11.3 Å². The summed E-state index contributed by atoms with van der Waals surface area (Å²) in [6.45, 7) is 0. The first-order chi connectivity index (χ1) is 15.0. The lowest BCUT2D eigenvalue weighted by Gasteiger charge is -2.09. The maximum atomic E-state index is 12.5. The second-order valence-corrected chi connectivity index (χ2v) is 7.32. The smallest absolute Gasteiger partial charge is 0.290 e. The molecule has 3 amide bonds. The van der Waals surface area contributed by atoms with Gasteiger partial charge in [0.15, 0.2) is 5.69 Å². The molecule has 0 bridgehead atoms. The zero-order valence-corrected chi connectivity index (χ0v) is 16.7. The van der Waals surface area contributed by atoms with E-state index in [1.807, 2.05) is 0 Å². The lowest BCUT2D eigenvalue weighted by Crippen LogP contribution is -2.42. The number of aromatic amines is 1. The number of H-pyrrole nitrogens is 1. The average molecular weight is 433 g/mol. The molecule has 4 N–H and O–H groups in total. The maximum absolute atomic E-state index is 12.5. The number of hydrogen-bond acceptors (Lipinski definition) is 6. The van der Waals surface area contributed by atoms with E-state index in [1.54, 1.807) is 53.9 Å². The second-order valence-electron chi connectivity index (χ2n) is 6.37. The van der Waals surface area contributed by atoms with Gasteiger partial charge in [-0.05, 0) is 35.7 Å². The summed E-state index contributed by atoms with van der Waals surface area (Å²) in [6.07, 6.45) is 0. The van der Waals surface area contributed by atoms with Crippen molar-refractivity contribution < 1.29 is 14.4 Å². The summed E-state index contributed by atoms with van der Waals surface area (Å²) in [6, 6.07) is 16.3. The third-order valence-corrected chi connectivity index (χ3v) is 5.20. The van der Waals surface area contributed by atoms with E-state index in [1.165, 1.54) is 23.5 Å². The molecule has 0 aliphatic heterocycles. The Labute approximate surface area is 179 Å². The molecule has 0 unspecified atom stereocenters. The number of thiophene rings is 1. The van der Waals surface area contributed by atoms with Crippen LogP contribution in [0.5, 0.6) is 0 Å². The highest BCUT2D eigenvalue weighted by Gasteiger charge is 2.15. The van der Waals surface area contributed by atoms with Crippen LogP contribution in [0, 0.1) is 0 Å². The molecule has 0 atom stereocenters. The number of aromatic nitrogens is 2. The minimum absolute atomic E-state index is 0.0348. The van der Waals surface area contributed by atoms with E-state index in [0.29, 0.717) is 21.3 Å². The number of benzene rings is 2. The highest BCUT2D eigenvalue weighted by atomic mass is 32.1. The fourth-order valence-electron chi connectivity index (χ4n) is 2.87. The van der Waals surface area contributed by atoms with Crippen LogP contribution in [-0.2, 0) is 0 Å². The molecule has 10 heteroatoms. The van der Waals surface area contributed by atoms with E-state index in [0.717, 1.165) is 0 Å². The van der Waals surface area contributed by atoms with Crippen LogP contribution < -0.4 is 21.7 Å². The van der Waals surface area contributed by atoms with Crippen molar-refractivity contribution in [1.82, 2.24) is 21.0 Å². The molecule has 0 aliphatic rings. The Bertz CT molecular complexity index is 1350. The molecule has 9 nitrogen and oxygen atoms in total. The molecule has 4 rings (SSSR count). The molecule has 0 spiro atoms. The number of fused-ring (bicyclic) bond motifs is 1. The summed E-state index contributed by atoms with van der Waals surface area (Å²) >= 11 is 1.30. The molecule has 154 valence electrons. The number of nitrogens with zero attached hydrogens (tertiary/aromatic N) is 1. The van der Waals surface area contributed by atoms with E-state index in [2.05, 4.69) is 26.4 Å². The van der Waals surface area contributed by atoms with Crippen molar-refractivity contribution in [2.24, 2.45) is 0 Å². The third-order valence-electron chi connectivity index (χ3n) is 4.33. The summed E-state index contributed by atoms with van der Waals surface area (Å²) < 4.78 is 0. The van der Waals surface area contributed by atoms with Gasteiger partial charge in [0, 0.05) is 16.6 Å². The van der Waals surface area contributed by atoms with Gasteiger partial charge in [0.1, 0.15) is 0 Å². The molecule has 31 heavy (non-hydrogen) atoms. The van der Waals surface area contributed by atoms with Crippen LogP contribution in [0.15, 0.2) is 70.8 Å². The molecule has 4 aromatic rings. The van der Waals surface area contributed by atoms with Crippen molar-refractivity contribution in [3.8, 4) is 0 Å². The molecule has 0 aliphatic carbocycles. The van der Waals surface area contributed by atoms with Crippen molar-refractivity contribution in [2.45, 2.75) is 0 Å². The summed E-state index contributed by atoms with van der Waals surface area (Å²) in [5.74, 6) is -1.56. The number of nitrogens with one attached hydrogen (secondary N) is 4. The van der Waals surface area contributed by atoms with Crippen LogP contribution in [-0.4, -0.2) is 27.9 Å². The van der Waals surface area contributed by atoms with Crippen LogP contribution in [0.4, 0.5) is 5.69 Å². The summed E-state index contributed by atoms with van der Waals surface area (Å²) in [4.78, 5) is 49.5. The first kappa shape index (κ1) is 20.0. The van der Waals surface area contributed by atoms with E-state index in [4.69, 9.17) is 0 Å². The number of hydrazine groups is 1. The van der Waals surface area contributed by atoms with Gasteiger partial charge in [0.2, 0.25) is 0 Å². The van der Waals surface area contributed by atoms with Gasteiger partial charge in [-0.2, -0.15) is 5.10 Å². The van der Waals surface area contributed by atoms with Crippen molar-refractivity contribution in [3.63, 3.8) is 0 Å². The van der Waals surface area contributed by atoms with Crippen LogP contribution in [0.2, 0.25) is 0 Å². The van der Waals surface area contributed by atoms with Crippen LogP contribution in [0.25, 0.3) is 10.8 Å². The van der Waals surface area contributed by atoms with Crippen LogP contribution >= 0.6 is 11.3 Å². The van der Waals surface area contributed by atoms with Gasteiger partial charge < -0.3 is 5.32 Å². The van der Waals surface area contributed by atoms with Gasteiger partial charge in [-0.3, -0.25) is 30.0 Å². The fraction of sp³-hybridized carbons (Fsp3) is 0. The molecule has 2 aromatic carbocycles. The van der Waals surface area contributed by atoms with Crippen LogP contribution in [0.3, 0.4) is 0 Å². The van der Waals surface area contributed by atoms with Crippen LogP contribution in [0.1, 0.15) is 30.5 Å². The first-order valence-corrected chi connectivity index (χ1v) is 9.94. The highest BCUT2D eigenvalue weighted by Crippen LogP contribution is 2.15. The van der Waals surface area contributed by atoms with Gasteiger partial charge in [0.05, 0.1) is 10.3 Å². The van der Waals surface area contributed by atoms with Crippen molar-refractivity contribution in [2.75, 3.05) is 5.32 Å². The largest absolute Gasteiger partial charge is 0.321 e. The zero-order chi connectivity index (χ0) is 21.8. The van der Waals surface area contributed by atoms with Crippen molar-refractivity contribution in [1.29, 1.82) is 0 Å². The normalized spacial score (nSPS) is 10.5. The predicted molar refractivity (Wildman–Crippen MR) is 116 cm³/mol. The summed E-state index contributed by atoms with van der Waals surface area (Å²) in [5.41, 5.74) is 4.79. The Morgan fingerprint density at radius 1 is 0.839 bits per heavy atom. The lowest BCUT2D eigenvalue weighted by molar-refractivity contribution is 0.0844. The molecular weight excluding hydrogens is 418 g/mol. The lowest BCUT2D eigenvalue weighted by atomic mass is 10.1. The number of amides is 3. The SMILES string of the molecule is O=C(NNC(=O)c1n[nH]c(=O)c2ccccc12)c1cccc(NC(=O)c2cccs2)c1. The van der Waals surface area contributed by atoms with Gasteiger partial charge in [-0.1, -0.05) is 30.3 Å². The van der Waals surface area contributed by atoms with E-state index in [9.17, 15) is 19.2 Å². The number of hydrogen-bond donors (Lipinski definition) is 4. The minimum Gasteiger partial charge on any atom is -0.321 e. The van der Waals surface area contributed by atoms with E-state index in [-0.39, 0.29) is 17.2 Å². The zero-order valence-electron chi connectivity index (χ0n) is 15.8. The number of carbonyl (C=O) groups excluding carboxylic acids is 3. The first-order valence-electron chi connectivity index (χ1n) is 9.06. The van der Waals surface area contributed by atoms with Gasteiger partial charge >= 0.3 is 0 Å². The Morgan fingerprint density at radius 3 is 2.39 bits per heavy atom. The molecule has 0 radical (unpaired) electrons. The maximum Gasteiger partial charge on any atom is 0.290 e. The topological polar surface area (TPSA) is 133 Å². The molecule has 0 fully saturated rings. The van der Waals surface area contributed by atoms with Gasteiger partial charge in [-0.25, -0.2) is 5.10 Å². The molecule has 0 saturated heterocycles. The number of carbonyl (C=O) groups is 3. The standard InChI is InChI=1S/C21H15N5O4S/c27-18(12-5-3-6-13(11-12)22-20(29)16-9-4-10-31-16)24-26-21(30)17-14-7-1-2-8-15(14)19(28)25-23-17/h1-11H,(H,22,29)(H,24,27)(H,25,28)(H,26,30). The molecule has 0 saturated carbocycles. The van der Waals surface area contributed by atoms with E-state index < -0.39 is 17.4 Å². The van der Waals surface area contributed by atoms with Gasteiger partial charge in [0.25, 0.3) is 23.3 Å². The monoisotopic (exact) mass is 433 g/mol. The summed E-state index contributed by atoms with van der Waals surface area (Å²) in [7, 11) is 0. The molecular formula is C21H15N5O4S. The quantitative estimate of drug-likeness (QED) is 0.367. The average Bonchev–Trinajstić information content (AvgIpc) is 3.33. The Morgan fingerprint density at radius 2 is 1.61 bits per heavy atom. The fourth-order valence-corrected chi connectivity index (χ4v) is 3.49. The third kappa shape index (κ3) is 4.33. The van der Waals surface area contributed by atoms with E-state index >= 15 is 0 Å². The minimum atomic E-state index is -0.692. The predicted octanol–water partition coefficient (Wildman–Crippen LogP) is 2.31. The van der Waals surface area contributed by atoms with Crippen molar-refractivity contribution in [3.05, 3.63) is 92.5 Å². The second kappa shape index (κ2) is 8.59. The number of anilines is 1. The Kier molecular flexibility index (Phi) is 5.54. The Balaban J connectivity index is 1.45. The Hall–Kier alpha value is -4.31. The number of rotatable bonds is 4.